The van der Waals surface area contributed by atoms with Crippen molar-refractivity contribution in [3.63, 3.8) is 0 Å². The van der Waals surface area contributed by atoms with E-state index in [0.29, 0.717) is 33.4 Å². The highest BCUT2D eigenvalue weighted by atomic mass is 32.2. The first-order valence-electron chi connectivity index (χ1n) is 14.0. The fourth-order valence-corrected chi connectivity index (χ4v) is 6.53. The van der Waals surface area contributed by atoms with Gasteiger partial charge in [-0.2, -0.15) is 0 Å². The van der Waals surface area contributed by atoms with Gasteiger partial charge < -0.3 is 20.5 Å². The van der Waals surface area contributed by atoms with Crippen molar-refractivity contribution in [2.75, 3.05) is 23.4 Å². The van der Waals surface area contributed by atoms with Gasteiger partial charge in [0.05, 0.1) is 22.1 Å². The van der Waals surface area contributed by atoms with Crippen LogP contribution in [0.2, 0.25) is 0 Å². The highest BCUT2D eigenvalue weighted by Crippen LogP contribution is 2.30. The normalized spacial score (nSPS) is 16.2. The Bertz CT molecular complexity index is 1960. The van der Waals surface area contributed by atoms with E-state index in [9.17, 15) is 27.6 Å². The van der Waals surface area contributed by atoms with Crippen LogP contribution in [-0.2, 0) is 37.2 Å². The maximum Gasteiger partial charge on any atom is 0.258 e. The molecule has 1 unspecified atom stereocenters. The van der Waals surface area contributed by atoms with Gasteiger partial charge in [-0.25, -0.2) is 13.4 Å². The highest BCUT2D eigenvalue weighted by Gasteiger charge is 2.25. The predicted molar refractivity (Wildman–Crippen MR) is 167 cm³/mol. The maximum atomic E-state index is 14.0. The Morgan fingerprint density at radius 1 is 0.977 bits per heavy atom. The van der Waals surface area contributed by atoms with Crippen LogP contribution in [0.1, 0.15) is 47.2 Å². The first kappa shape index (κ1) is 30.6. The lowest BCUT2D eigenvalue weighted by Crippen LogP contribution is -2.36. The van der Waals surface area contributed by atoms with Crippen LogP contribution in [0.15, 0.2) is 64.5 Å². The van der Waals surface area contributed by atoms with Crippen LogP contribution in [0.5, 0.6) is 0 Å². The van der Waals surface area contributed by atoms with Gasteiger partial charge in [-0.1, -0.05) is 12.1 Å². The number of carbonyl (C=O) groups excluding carboxylic acids is 3. The zero-order chi connectivity index (χ0) is 31.8. The molecule has 1 atom stereocenters. The van der Waals surface area contributed by atoms with Crippen LogP contribution in [0, 0.1) is 13.8 Å². The number of hydrogen-bond acceptors (Lipinski definition) is 8. The highest BCUT2D eigenvalue weighted by molar-refractivity contribution is 7.90. The number of fused-ring (bicyclic) bond motifs is 10. The number of amides is 2. The number of rotatable bonds is 3. The number of benzene rings is 3. The number of Topliss-reactive ketones (excluding diaryl/α,β-unsaturated/α-hetero) is 1. The van der Waals surface area contributed by atoms with E-state index in [0.717, 1.165) is 22.9 Å². The van der Waals surface area contributed by atoms with E-state index in [1.165, 1.54) is 30.3 Å². The molecule has 12 heteroatoms. The number of aromatic amines is 1. The van der Waals surface area contributed by atoms with Crippen molar-refractivity contribution in [3.8, 4) is 0 Å². The molecule has 3 heterocycles. The van der Waals surface area contributed by atoms with E-state index in [1.807, 2.05) is 26.0 Å². The molecule has 0 spiro atoms. The Hall–Kier alpha value is -4.84. The third kappa shape index (κ3) is 6.55. The van der Waals surface area contributed by atoms with E-state index in [-0.39, 0.29) is 48.1 Å². The number of aryl methyl sites for hydroxylation is 3. The van der Waals surface area contributed by atoms with Crippen molar-refractivity contribution < 1.29 is 22.8 Å². The lowest BCUT2D eigenvalue weighted by Gasteiger charge is -2.26. The first-order valence-corrected chi connectivity index (χ1v) is 15.9. The largest absolute Gasteiger partial charge is 0.372 e. The van der Waals surface area contributed by atoms with Gasteiger partial charge in [-0.3, -0.25) is 19.2 Å². The van der Waals surface area contributed by atoms with E-state index in [4.69, 9.17) is 0 Å². The number of ketones is 1. The Morgan fingerprint density at radius 2 is 1.70 bits per heavy atom. The summed E-state index contributed by atoms with van der Waals surface area (Å²) in [5.74, 6) is -0.919. The summed E-state index contributed by atoms with van der Waals surface area (Å²) in [6.07, 6.45) is 2.51. The van der Waals surface area contributed by atoms with Crippen molar-refractivity contribution >= 4 is 49.7 Å². The number of nitrogens with one attached hydrogen (secondary N) is 3. The summed E-state index contributed by atoms with van der Waals surface area (Å²) >= 11 is 0. The van der Waals surface area contributed by atoms with Gasteiger partial charge >= 0.3 is 0 Å². The third-order valence-electron chi connectivity index (χ3n) is 7.84. The van der Waals surface area contributed by atoms with Crippen molar-refractivity contribution in [1.29, 1.82) is 0 Å². The van der Waals surface area contributed by atoms with E-state index in [1.54, 1.807) is 24.3 Å². The molecule has 0 saturated heterocycles. The predicted octanol–water partition coefficient (Wildman–Crippen LogP) is 3.60. The molecule has 3 N–H and O–H groups in total. The topological polar surface area (TPSA) is 158 Å². The van der Waals surface area contributed by atoms with E-state index < -0.39 is 21.8 Å². The molecule has 0 saturated carbocycles. The molecule has 6 rings (SSSR count). The van der Waals surface area contributed by atoms with Crippen LogP contribution < -0.4 is 16.2 Å². The van der Waals surface area contributed by atoms with Crippen molar-refractivity contribution in [2.45, 2.75) is 51.1 Å². The summed E-state index contributed by atoms with van der Waals surface area (Å²) in [4.78, 5) is 60.2. The Kier molecular flexibility index (Phi) is 8.38. The van der Waals surface area contributed by atoms with Gasteiger partial charge in [0.2, 0.25) is 11.8 Å². The molecular weight excluding hydrogens is 582 g/mol. The minimum absolute atomic E-state index is 0.00866. The summed E-state index contributed by atoms with van der Waals surface area (Å²) in [5.41, 5.74) is 4.68. The van der Waals surface area contributed by atoms with Gasteiger partial charge in [0.15, 0.2) is 15.6 Å². The SMILES string of the molecule is CC(=O)N1CC(=O)Nc2ccc(S(C)(=O)=O)c(c2)CCC(=O)C(Nc2ccc3nc[nH]c(=O)c3c2)c2cc(C)c(c(C)c2)C1. The van der Waals surface area contributed by atoms with Gasteiger partial charge in [0.1, 0.15) is 12.6 Å². The summed E-state index contributed by atoms with van der Waals surface area (Å²) < 4.78 is 25.2. The molecule has 0 radical (unpaired) electrons. The molecule has 3 aromatic carbocycles. The quantitative estimate of drug-likeness (QED) is 0.315. The smallest absolute Gasteiger partial charge is 0.258 e. The molecule has 2 aliphatic heterocycles. The van der Waals surface area contributed by atoms with Crippen LogP contribution in [0.3, 0.4) is 0 Å². The minimum Gasteiger partial charge on any atom is -0.372 e. The van der Waals surface area contributed by atoms with Crippen molar-refractivity contribution in [1.82, 2.24) is 14.9 Å². The lowest BCUT2D eigenvalue weighted by molar-refractivity contribution is -0.133. The number of hydrogen-bond donors (Lipinski definition) is 3. The van der Waals surface area contributed by atoms with Crippen LogP contribution >= 0.6 is 0 Å². The molecule has 4 aromatic rings. The monoisotopic (exact) mass is 615 g/mol. The molecule has 2 aliphatic rings. The third-order valence-corrected chi connectivity index (χ3v) is 9.04. The number of anilines is 2. The Balaban J connectivity index is 1.62. The van der Waals surface area contributed by atoms with E-state index >= 15 is 0 Å². The summed E-state index contributed by atoms with van der Waals surface area (Å²) in [5, 5.41) is 6.42. The second kappa shape index (κ2) is 12.0. The summed E-state index contributed by atoms with van der Waals surface area (Å²) in [6, 6.07) is 12.5. The molecule has 0 fully saturated rings. The molecule has 11 nitrogen and oxygen atoms in total. The minimum atomic E-state index is -3.64. The van der Waals surface area contributed by atoms with Gasteiger partial charge in [-0.15, -0.1) is 0 Å². The maximum absolute atomic E-state index is 14.0. The molecule has 228 valence electrons. The number of H-pyrrole nitrogens is 1. The molecule has 1 aromatic heterocycles. The number of nitrogens with zero attached hydrogens (tertiary/aromatic N) is 2. The number of aromatic nitrogens is 2. The van der Waals surface area contributed by atoms with Gasteiger partial charge in [-0.05, 0) is 84.5 Å². The zero-order valence-corrected chi connectivity index (χ0v) is 25.7. The Morgan fingerprint density at radius 3 is 2.39 bits per heavy atom. The fourth-order valence-electron chi connectivity index (χ4n) is 5.58. The second-order valence-corrected chi connectivity index (χ2v) is 13.1. The van der Waals surface area contributed by atoms with Crippen molar-refractivity contribution in [3.05, 3.63) is 93.0 Å². The van der Waals surface area contributed by atoms with Crippen LogP contribution in [-0.4, -0.2) is 53.7 Å². The summed E-state index contributed by atoms with van der Waals surface area (Å²) in [6.45, 7) is 5.16. The molecule has 0 aliphatic carbocycles. The van der Waals surface area contributed by atoms with Gasteiger partial charge in [0.25, 0.3) is 5.56 Å². The molecule has 4 bridgehead atoms. The van der Waals surface area contributed by atoms with Gasteiger partial charge in [0, 0.05) is 37.5 Å². The zero-order valence-electron chi connectivity index (χ0n) is 24.9. The number of carbonyl (C=O) groups is 3. The van der Waals surface area contributed by atoms with E-state index in [2.05, 4.69) is 20.6 Å². The first-order chi connectivity index (χ1) is 20.8. The molecular formula is C32H33N5O6S. The standard InChI is InChI=1S/C32H33N5O6S/c1-18-11-22-12-19(2)26(18)15-37(20(3)38)16-30(40)35-23-7-10-29(44(4,42)43)21(13-23)5-9-28(39)31(22)36-24-6-8-27-25(14-24)32(41)34-17-33-27/h6-8,10-14,17,31,36H,5,9,15-16H2,1-4H3,(H,35,40)(H,33,34,41). The Labute approximate surface area is 254 Å². The van der Waals surface area contributed by atoms with Crippen LogP contribution in [0.4, 0.5) is 11.4 Å². The summed E-state index contributed by atoms with van der Waals surface area (Å²) in [7, 11) is -3.64. The lowest BCUT2D eigenvalue weighted by atomic mass is 9.91. The number of sulfone groups is 1. The average Bonchev–Trinajstić information content (AvgIpc) is 2.95. The molecule has 44 heavy (non-hydrogen) atoms. The average molecular weight is 616 g/mol. The second-order valence-electron chi connectivity index (χ2n) is 11.2. The van der Waals surface area contributed by atoms with Crippen molar-refractivity contribution in [2.24, 2.45) is 0 Å². The fraction of sp³-hybridized carbons (Fsp3) is 0.281. The van der Waals surface area contributed by atoms with Crippen LogP contribution in [0.25, 0.3) is 10.9 Å². The molecule has 2 amide bonds.